The summed E-state index contributed by atoms with van der Waals surface area (Å²) in [6.07, 6.45) is 2.33. The number of hydrogen-bond acceptors (Lipinski definition) is 6. The average molecular weight is 378 g/mol. The van der Waals surface area contributed by atoms with Gasteiger partial charge in [0.05, 0.1) is 19.9 Å². The molecular formula is C21H22N4O3. The summed E-state index contributed by atoms with van der Waals surface area (Å²) >= 11 is 0. The van der Waals surface area contributed by atoms with Gasteiger partial charge in [-0.25, -0.2) is 9.97 Å². The Labute approximate surface area is 163 Å². The lowest BCUT2D eigenvalue weighted by molar-refractivity contribution is 0.102. The fourth-order valence-electron chi connectivity index (χ4n) is 2.61. The molecule has 3 aromatic rings. The molecule has 1 amide bonds. The minimum atomic E-state index is -0.366. The molecule has 2 aromatic carbocycles. The highest BCUT2D eigenvalue weighted by atomic mass is 16.5. The molecule has 0 fully saturated rings. The number of rotatable bonds is 7. The first-order valence-corrected chi connectivity index (χ1v) is 8.84. The van der Waals surface area contributed by atoms with Crippen LogP contribution in [0.25, 0.3) is 0 Å². The largest absolute Gasteiger partial charge is 0.497 e. The maximum Gasteiger partial charge on any atom is 0.274 e. The monoisotopic (exact) mass is 378 g/mol. The lowest BCUT2D eigenvalue weighted by Gasteiger charge is -2.12. The Morgan fingerprint density at radius 1 is 1.00 bits per heavy atom. The Bertz CT molecular complexity index is 958. The van der Waals surface area contributed by atoms with E-state index in [9.17, 15) is 4.79 Å². The van der Waals surface area contributed by atoms with Crippen LogP contribution in [-0.2, 0) is 6.42 Å². The summed E-state index contributed by atoms with van der Waals surface area (Å²) in [7, 11) is 3.10. The van der Waals surface area contributed by atoms with E-state index in [0.29, 0.717) is 23.0 Å². The van der Waals surface area contributed by atoms with E-state index in [4.69, 9.17) is 9.47 Å². The van der Waals surface area contributed by atoms with Crippen LogP contribution in [0.15, 0.2) is 54.9 Å². The van der Waals surface area contributed by atoms with Crippen LogP contribution in [-0.4, -0.2) is 30.1 Å². The number of methoxy groups -OCH3 is 2. The summed E-state index contributed by atoms with van der Waals surface area (Å²) in [5.74, 6) is 1.30. The van der Waals surface area contributed by atoms with Crippen molar-refractivity contribution in [3.8, 4) is 11.5 Å². The highest BCUT2D eigenvalue weighted by molar-refractivity contribution is 6.04. The zero-order valence-electron chi connectivity index (χ0n) is 16.0. The third kappa shape index (κ3) is 4.56. The van der Waals surface area contributed by atoms with Gasteiger partial charge in [0, 0.05) is 17.8 Å². The van der Waals surface area contributed by atoms with Gasteiger partial charge in [-0.1, -0.05) is 19.1 Å². The van der Waals surface area contributed by atoms with Crippen LogP contribution in [0, 0.1) is 0 Å². The molecule has 0 saturated heterocycles. The van der Waals surface area contributed by atoms with Crippen LogP contribution in [0.2, 0.25) is 0 Å². The molecule has 0 spiro atoms. The van der Waals surface area contributed by atoms with Gasteiger partial charge in [0.1, 0.15) is 29.3 Å². The van der Waals surface area contributed by atoms with Crippen molar-refractivity contribution in [1.82, 2.24) is 9.97 Å². The van der Waals surface area contributed by atoms with Crippen LogP contribution in [0.1, 0.15) is 23.0 Å². The fraction of sp³-hybridized carbons (Fsp3) is 0.190. The van der Waals surface area contributed by atoms with Gasteiger partial charge in [-0.15, -0.1) is 0 Å². The molecule has 7 heteroatoms. The Kier molecular flexibility index (Phi) is 6.06. The van der Waals surface area contributed by atoms with Gasteiger partial charge in [-0.3, -0.25) is 4.79 Å². The quantitative estimate of drug-likeness (QED) is 0.645. The van der Waals surface area contributed by atoms with Gasteiger partial charge in [0.15, 0.2) is 0 Å². The smallest absolute Gasteiger partial charge is 0.274 e. The van der Waals surface area contributed by atoms with E-state index in [-0.39, 0.29) is 11.6 Å². The summed E-state index contributed by atoms with van der Waals surface area (Å²) in [4.78, 5) is 20.9. The van der Waals surface area contributed by atoms with Crippen molar-refractivity contribution in [3.63, 3.8) is 0 Å². The third-order valence-corrected chi connectivity index (χ3v) is 4.19. The standard InChI is InChI=1S/C21H22N4O3/c1-4-14-5-7-15(8-6-14)24-20-12-18(22-13-23-20)21(26)25-17-10-9-16(27-2)11-19(17)28-3/h5-13H,4H2,1-3H3,(H,25,26)(H,22,23,24). The Balaban J connectivity index is 1.75. The number of nitrogens with one attached hydrogen (secondary N) is 2. The number of amides is 1. The van der Waals surface area contributed by atoms with Crippen molar-refractivity contribution in [2.24, 2.45) is 0 Å². The molecule has 0 atom stereocenters. The molecule has 2 N–H and O–H groups in total. The predicted octanol–water partition coefficient (Wildman–Crippen LogP) is 4.05. The molecule has 28 heavy (non-hydrogen) atoms. The molecular weight excluding hydrogens is 356 g/mol. The summed E-state index contributed by atoms with van der Waals surface area (Å²) in [5, 5.41) is 5.98. The Morgan fingerprint density at radius 3 is 2.46 bits per heavy atom. The van der Waals surface area contributed by atoms with Gasteiger partial charge in [-0.2, -0.15) is 0 Å². The van der Waals surface area contributed by atoms with Crippen LogP contribution < -0.4 is 20.1 Å². The second kappa shape index (κ2) is 8.85. The summed E-state index contributed by atoms with van der Waals surface area (Å²) < 4.78 is 10.5. The normalized spacial score (nSPS) is 10.2. The van der Waals surface area contributed by atoms with Gasteiger partial charge >= 0.3 is 0 Å². The number of nitrogens with zero attached hydrogens (tertiary/aromatic N) is 2. The van der Waals surface area contributed by atoms with Crippen LogP contribution in [0.4, 0.5) is 17.2 Å². The minimum Gasteiger partial charge on any atom is -0.497 e. The van der Waals surface area contributed by atoms with E-state index in [0.717, 1.165) is 12.1 Å². The molecule has 0 radical (unpaired) electrons. The number of carbonyl (C=O) groups is 1. The molecule has 0 unspecified atom stereocenters. The lowest BCUT2D eigenvalue weighted by Crippen LogP contribution is -2.15. The van der Waals surface area contributed by atoms with Gasteiger partial charge in [-0.05, 0) is 36.2 Å². The molecule has 0 bridgehead atoms. The third-order valence-electron chi connectivity index (χ3n) is 4.19. The molecule has 0 aliphatic carbocycles. The van der Waals surface area contributed by atoms with Crippen molar-refractivity contribution in [3.05, 3.63) is 66.1 Å². The van der Waals surface area contributed by atoms with Gasteiger partial charge in [0.25, 0.3) is 5.91 Å². The number of anilines is 3. The number of ether oxygens (including phenoxy) is 2. The van der Waals surface area contributed by atoms with Crippen molar-refractivity contribution in [1.29, 1.82) is 0 Å². The topological polar surface area (TPSA) is 85.4 Å². The second-order valence-electron chi connectivity index (χ2n) is 5.98. The van der Waals surface area contributed by atoms with Crippen molar-refractivity contribution >= 4 is 23.1 Å². The summed E-state index contributed by atoms with van der Waals surface area (Å²) in [5.41, 5.74) is 2.90. The first-order chi connectivity index (χ1) is 13.6. The van der Waals surface area contributed by atoms with Crippen molar-refractivity contribution in [2.45, 2.75) is 13.3 Å². The first kappa shape index (κ1) is 19.2. The number of aryl methyl sites for hydroxylation is 1. The van der Waals surface area contributed by atoms with E-state index >= 15 is 0 Å². The second-order valence-corrected chi connectivity index (χ2v) is 5.98. The van der Waals surface area contributed by atoms with E-state index in [1.165, 1.54) is 19.0 Å². The van der Waals surface area contributed by atoms with Gasteiger partial charge in [0.2, 0.25) is 0 Å². The van der Waals surface area contributed by atoms with Crippen molar-refractivity contribution in [2.75, 3.05) is 24.9 Å². The molecule has 3 rings (SSSR count). The molecule has 1 aromatic heterocycles. The molecule has 7 nitrogen and oxygen atoms in total. The fourth-order valence-corrected chi connectivity index (χ4v) is 2.61. The molecule has 0 saturated carbocycles. The van der Waals surface area contributed by atoms with E-state index in [1.54, 1.807) is 31.4 Å². The minimum absolute atomic E-state index is 0.237. The average Bonchev–Trinajstić information content (AvgIpc) is 2.74. The molecule has 1 heterocycles. The highest BCUT2D eigenvalue weighted by Gasteiger charge is 2.13. The highest BCUT2D eigenvalue weighted by Crippen LogP contribution is 2.29. The number of hydrogen-bond donors (Lipinski definition) is 2. The summed E-state index contributed by atoms with van der Waals surface area (Å²) in [6, 6.07) is 14.8. The van der Waals surface area contributed by atoms with Crippen LogP contribution in [0.5, 0.6) is 11.5 Å². The SMILES string of the molecule is CCc1ccc(Nc2cc(C(=O)Nc3ccc(OC)cc3OC)ncn2)cc1. The maximum atomic E-state index is 12.6. The Morgan fingerprint density at radius 2 is 1.79 bits per heavy atom. The number of benzene rings is 2. The van der Waals surface area contributed by atoms with Crippen LogP contribution >= 0.6 is 0 Å². The van der Waals surface area contributed by atoms with Crippen molar-refractivity contribution < 1.29 is 14.3 Å². The molecule has 0 aliphatic heterocycles. The predicted molar refractivity (Wildman–Crippen MR) is 109 cm³/mol. The van der Waals surface area contributed by atoms with Gasteiger partial charge < -0.3 is 20.1 Å². The zero-order valence-corrected chi connectivity index (χ0v) is 16.0. The summed E-state index contributed by atoms with van der Waals surface area (Å²) in [6.45, 7) is 2.11. The molecule has 144 valence electrons. The van der Waals surface area contributed by atoms with E-state index in [2.05, 4.69) is 27.5 Å². The van der Waals surface area contributed by atoms with E-state index in [1.807, 2.05) is 24.3 Å². The lowest BCUT2D eigenvalue weighted by atomic mass is 10.1. The zero-order chi connectivity index (χ0) is 19.9. The van der Waals surface area contributed by atoms with E-state index < -0.39 is 0 Å². The molecule has 0 aliphatic rings. The van der Waals surface area contributed by atoms with Crippen LogP contribution in [0.3, 0.4) is 0 Å². The maximum absolute atomic E-state index is 12.6. The first-order valence-electron chi connectivity index (χ1n) is 8.84. The number of aromatic nitrogens is 2. The number of carbonyl (C=O) groups excluding carboxylic acids is 1. The Hall–Kier alpha value is -3.61.